The zero-order valence-corrected chi connectivity index (χ0v) is 13.1. The van der Waals surface area contributed by atoms with Gasteiger partial charge >= 0.3 is 0 Å². The van der Waals surface area contributed by atoms with Crippen molar-refractivity contribution in [3.63, 3.8) is 0 Å². The Morgan fingerprint density at radius 3 is 2.65 bits per heavy atom. The van der Waals surface area contributed by atoms with Crippen LogP contribution in [0.4, 0.5) is 0 Å². The molecule has 1 aliphatic carbocycles. The van der Waals surface area contributed by atoms with E-state index in [1.54, 1.807) is 6.20 Å². The first-order valence-electron chi connectivity index (χ1n) is 7.94. The molecule has 0 spiro atoms. The van der Waals surface area contributed by atoms with Gasteiger partial charge in [0.2, 0.25) is 0 Å². The molecule has 1 aromatic heterocycles. The first-order valence-corrected chi connectivity index (χ1v) is 7.94. The Kier molecular flexibility index (Phi) is 3.34. The van der Waals surface area contributed by atoms with E-state index < -0.39 is 0 Å². The summed E-state index contributed by atoms with van der Waals surface area (Å²) < 4.78 is 1.93. The molecule has 3 heteroatoms. The number of fused-ring (bicyclic) bond motifs is 1. The topological polar surface area (TPSA) is 34.9 Å². The summed E-state index contributed by atoms with van der Waals surface area (Å²) in [4.78, 5) is 12.5. The van der Waals surface area contributed by atoms with E-state index in [-0.39, 0.29) is 11.7 Å². The molecule has 3 nitrogen and oxygen atoms in total. The molecule has 3 aromatic rings. The molecule has 0 bridgehead atoms. The van der Waals surface area contributed by atoms with Crippen LogP contribution in [0.3, 0.4) is 0 Å². The van der Waals surface area contributed by atoms with Crippen LogP contribution in [-0.4, -0.2) is 15.6 Å². The van der Waals surface area contributed by atoms with E-state index in [1.807, 2.05) is 35.0 Å². The highest BCUT2D eigenvalue weighted by molar-refractivity contribution is 5.98. The molecular weight excluding hydrogens is 284 g/mol. The molecule has 1 heterocycles. The second kappa shape index (κ2) is 5.51. The van der Waals surface area contributed by atoms with E-state index >= 15 is 0 Å². The predicted octanol–water partition coefficient (Wildman–Crippen LogP) is 4.09. The number of hydrogen-bond acceptors (Lipinski definition) is 2. The van der Waals surface area contributed by atoms with E-state index in [9.17, 15) is 4.79 Å². The Hall–Kier alpha value is -2.68. The largest absolute Gasteiger partial charge is 0.294 e. The van der Waals surface area contributed by atoms with Crippen molar-refractivity contribution >= 4 is 5.78 Å². The van der Waals surface area contributed by atoms with Crippen LogP contribution in [0.15, 0.2) is 60.8 Å². The third-order valence-corrected chi connectivity index (χ3v) is 4.56. The SMILES string of the molecule is Cc1cccc(-n2ncc3c2C[C@@H](c2ccccc2)CC3=O)c1. The predicted molar refractivity (Wildman–Crippen MR) is 90.1 cm³/mol. The molecule has 0 radical (unpaired) electrons. The first-order chi connectivity index (χ1) is 11.2. The van der Waals surface area contributed by atoms with Crippen LogP contribution in [0.25, 0.3) is 5.69 Å². The summed E-state index contributed by atoms with van der Waals surface area (Å²) in [7, 11) is 0. The zero-order chi connectivity index (χ0) is 15.8. The van der Waals surface area contributed by atoms with Crippen molar-refractivity contribution in [3.05, 3.63) is 83.2 Å². The lowest BCUT2D eigenvalue weighted by Gasteiger charge is -2.23. The Bertz CT molecular complexity index is 864. The van der Waals surface area contributed by atoms with Crippen LogP contribution < -0.4 is 0 Å². The second-order valence-electron chi connectivity index (χ2n) is 6.19. The van der Waals surface area contributed by atoms with Crippen molar-refractivity contribution in [1.29, 1.82) is 0 Å². The van der Waals surface area contributed by atoms with E-state index in [0.29, 0.717) is 6.42 Å². The quantitative estimate of drug-likeness (QED) is 0.714. The summed E-state index contributed by atoms with van der Waals surface area (Å²) in [5.41, 5.74) is 5.24. The fraction of sp³-hybridized carbons (Fsp3) is 0.200. The molecular formula is C20H18N2O. The molecule has 4 rings (SSSR count). The highest BCUT2D eigenvalue weighted by Crippen LogP contribution is 2.33. The average molecular weight is 302 g/mol. The highest BCUT2D eigenvalue weighted by atomic mass is 16.1. The minimum Gasteiger partial charge on any atom is -0.294 e. The summed E-state index contributed by atoms with van der Waals surface area (Å²) in [5, 5.41) is 4.48. The monoisotopic (exact) mass is 302 g/mol. The minimum atomic E-state index is 0.194. The molecule has 0 N–H and O–H groups in total. The summed E-state index contributed by atoms with van der Waals surface area (Å²) in [6.07, 6.45) is 3.14. The maximum absolute atomic E-state index is 12.5. The third-order valence-electron chi connectivity index (χ3n) is 4.56. The number of aryl methyl sites for hydroxylation is 1. The fourth-order valence-electron chi connectivity index (χ4n) is 3.39. The maximum Gasteiger partial charge on any atom is 0.166 e. The number of carbonyl (C=O) groups excluding carboxylic acids is 1. The molecule has 0 aliphatic heterocycles. The maximum atomic E-state index is 12.5. The smallest absolute Gasteiger partial charge is 0.166 e. The fourth-order valence-corrected chi connectivity index (χ4v) is 3.39. The van der Waals surface area contributed by atoms with Crippen molar-refractivity contribution in [2.24, 2.45) is 0 Å². The number of carbonyl (C=O) groups is 1. The average Bonchev–Trinajstić information content (AvgIpc) is 3.00. The lowest BCUT2D eigenvalue weighted by molar-refractivity contribution is 0.0964. The molecule has 1 aliphatic rings. The molecule has 23 heavy (non-hydrogen) atoms. The lowest BCUT2D eigenvalue weighted by Crippen LogP contribution is -2.20. The number of aromatic nitrogens is 2. The van der Waals surface area contributed by atoms with Crippen molar-refractivity contribution < 1.29 is 4.79 Å². The number of nitrogens with zero attached hydrogens (tertiary/aromatic N) is 2. The lowest BCUT2D eigenvalue weighted by atomic mass is 9.82. The second-order valence-corrected chi connectivity index (χ2v) is 6.19. The molecule has 0 amide bonds. The third kappa shape index (κ3) is 2.48. The molecule has 1 atom stereocenters. The van der Waals surface area contributed by atoms with Gasteiger partial charge in [0, 0.05) is 6.42 Å². The minimum absolute atomic E-state index is 0.194. The van der Waals surface area contributed by atoms with E-state index in [0.717, 1.165) is 23.4 Å². The summed E-state index contributed by atoms with van der Waals surface area (Å²) in [6, 6.07) is 18.5. The molecule has 0 fully saturated rings. The van der Waals surface area contributed by atoms with Crippen LogP contribution in [-0.2, 0) is 6.42 Å². The molecule has 2 aromatic carbocycles. The molecule has 0 saturated heterocycles. The Balaban J connectivity index is 1.77. The van der Waals surface area contributed by atoms with Crippen LogP contribution in [0.1, 0.15) is 39.5 Å². The number of rotatable bonds is 2. The van der Waals surface area contributed by atoms with Gasteiger partial charge in [-0.3, -0.25) is 4.79 Å². The van der Waals surface area contributed by atoms with Crippen LogP contribution in [0.2, 0.25) is 0 Å². The number of Topliss-reactive ketones (excluding diaryl/α,β-unsaturated/α-hetero) is 1. The summed E-state index contributed by atoms with van der Waals surface area (Å²) in [6.45, 7) is 2.07. The number of benzene rings is 2. The summed E-state index contributed by atoms with van der Waals surface area (Å²) in [5.74, 6) is 0.426. The van der Waals surface area contributed by atoms with E-state index in [2.05, 4.69) is 36.3 Å². The zero-order valence-electron chi connectivity index (χ0n) is 13.1. The highest BCUT2D eigenvalue weighted by Gasteiger charge is 2.29. The first kappa shape index (κ1) is 13.9. The summed E-state index contributed by atoms with van der Waals surface area (Å²) >= 11 is 0. The number of ketones is 1. The van der Waals surface area contributed by atoms with Crippen molar-refractivity contribution in [2.45, 2.75) is 25.7 Å². The van der Waals surface area contributed by atoms with Gasteiger partial charge in [0.05, 0.1) is 23.1 Å². The molecule has 114 valence electrons. The van der Waals surface area contributed by atoms with Gasteiger partial charge in [-0.15, -0.1) is 0 Å². The van der Waals surface area contributed by atoms with Crippen molar-refractivity contribution in [1.82, 2.24) is 9.78 Å². The van der Waals surface area contributed by atoms with Gasteiger partial charge in [0.15, 0.2) is 5.78 Å². The van der Waals surface area contributed by atoms with Gasteiger partial charge in [-0.25, -0.2) is 4.68 Å². The van der Waals surface area contributed by atoms with Gasteiger partial charge in [-0.1, -0.05) is 42.5 Å². The Labute approximate surface area is 135 Å². The van der Waals surface area contributed by atoms with Gasteiger partial charge in [-0.05, 0) is 42.5 Å². The Morgan fingerprint density at radius 1 is 1.04 bits per heavy atom. The molecule has 0 unspecified atom stereocenters. The molecule has 0 saturated carbocycles. The van der Waals surface area contributed by atoms with Crippen LogP contribution >= 0.6 is 0 Å². The van der Waals surface area contributed by atoms with Crippen molar-refractivity contribution in [2.75, 3.05) is 0 Å². The van der Waals surface area contributed by atoms with Gasteiger partial charge in [-0.2, -0.15) is 5.10 Å². The normalized spacial score (nSPS) is 17.1. The number of hydrogen-bond donors (Lipinski definition) is 0. The van der Waals surface area contributed by atoms with Crippen LogP contribution in [0.5, 0.6) is 0 Å². The van der Waals surface area contributed by atoms with Gasteiger partial charge in [0.1, 0.15) is 0 Å². The van der Waals surface area contributed by atoms with E-state index in [4.69, 9.17) is 0 Å². The van der Waals surface area contributed by atoms with Crippen molar-refractivity contribution in [3.8, 4) is 5.69 Å². The van der Waals surface area contributed by atoms with Gasteiger partial charge < -0.3 is 0 Å². The standard InChI is InChI=1S/C20H18N2O/c1-14-6-5-9-17(10-14)22-19-11-16(15-7-3-2-4-8-15)12-20(23)18(19)13-21-22/h2-10,13,16H,11-12H2,1H3/t16-/m1/s1. The Morgan fingerprint density at radius 2 is 1.87 bits per heavy atom. The van der Waals surface area contributed by atoms with Gasteiger partial charge in [0.25, 0.3) is 0 Å². The van der Waals surface area contributed by atoms with Crippen LogP contribution in [0, 0.1) is 6.92 Å². The van der Waals surface area contributed by atoms with E-state index in [1.165, 1.54) is 11.1 Å².